The van der Waals surface area contributed by atoms with Crippen molar-refractivity contribution in [2.24, 2.45) is 0 Å². The Kier molecular flexibility index (Phi) is 61.6. The van der Waals surface area contributed by atoms with Gasteiger partial charge in [0.15, 0.2) is 22.1 Å². The Morgan fingerprint density at radius 1 is 0.276 bits per heavy atom. The number of carbonyl (C=O) groups excluding carboxylic acids is 8. The van der Waals surface area contributed by atoms with E-state index in [1.807, 2.05) is 0 Å². The number of nitrogen functional groups attached to an aromatic ring is 8. The molecule has 554 valence electrons. The molecular formula is C40H72Co2N24O32+8. The predicted octanol–water partition coefficient (Wildman–Crippen LogP) is -28.0. The maximum Gasteiger partial charge on any atom is 2.00 e. The molecule has 10 rings (SSSR count). The predicted molar refractivity (Wildman–Crippen MR) is 312 cm³/mol. The van der Waals surface area contributed by atoms with E-state index in [2.05, 4.69) is 79.7 Å². The van der Waals surface area contributed by atoms with Crippen molar-refractivity contribution in [2.45, 2.75) is 0 Å². The number of imidazole rings is 4. The van der Waals surface area contributed by atoms with Crippen LogP contribution in [-0.4, -0.2) is 151 Å². The Morgan fingerprint density at radius 2 is 0.398 bits per heavy atom. The number of aromatic amines is 8. The first-order valence-electron chi connectivity index (χ1n) is 20.8. The van der Waals surface area contributed by atoms with Crippen LogP contribution < -0.4 is 107 Å². The molecule has 0 saturated heterocycles. The number of rotatable bonds is 8. The van der Waals surface area contributed by atoms with E-state index in [-0.39, 0.29) is 145 Å². The molecule has 64 N–H and O–H groups in total. The fraction of sp³-hybridized carbons (Fsp3) is 0. The van der Waals surface area contributed by atoms with Gasteiger partial charge in [-0.25, -0.2) is 39.9 Å². The van der Waals surface area contributed by atoms with Crippen LogP contribution >= 0.6 is 0 Å². The van der Waals surface area contributed by atoms with E-state index in [1.165, 1.54) is 25.3 Å². The number of anilines is 8. The van der Waals surface area contributed by atoms with Gasteiger partial charge in [-0.15, -0.1) is 0 Å². The number of benzene rings is 2. The van der Waals surface area contributed by atoms with Gasteiger partial charge in [0, 0.05) is 44.5 Å². The average Bonchev–Trinajstić information content (AvgIpc) is 4.23. The molecule has 0 unspecified atom stereocenters. The summed E-state index contributed by atoms with van der Waals surface area (Å²) in [5.41, 5.74) is 40.3. The zero-order valence-corrected chi connectivity index (χ0v) is 50.7. The number of carbonyl (C=O) groups is 8. The summed E-state index contributed by atoms with van der Waals surface area (Å²) in [6, 6.07) is 1.23. The monoisotopic (exact) mass is 1520 g/mol. The molecule has 0 aliphatic carbocycles. The van der Waals surface area contributed by atoms with Gasteiger partial charge in [-0.05, 0) is 24.3 Å². The fourth-order valence-corrected chi connectivity index (χ4v) is 6.20. The number of carboxylic acid groups (broad SMARTS) is 8. The van der Waals surface area contributed by atoms with Crippen molar-refractivity contribution in [3.8, 4) is 0 Å². The second kappa shape index (κ2) is 50.7. The zero-order valence-electron chi connectivity index (χ0n) is 48.6. The van der Waals surface area contributed by atoms with Gasteiger partial charge < -0.3 is 233 Å². The Balaban J connectivity index is -0.0000000701. The number of fused-ring (bicyclic) bond motifs is 4. The van der Waals surface area contributed by atoms with Crippen LogP contribution in [0.4, 0.5) is 47.1 Å². The van der Waals surface area contributed by atoms with Gasteiger partial charge in [-0.3, -0.25) is 0 Å². The quantitative estimate of drug-likeness (QED) is 0.0629. The molecule has 0 saturated carbocycles. The largest absolute Gasteiger partial charge is 2.00 e. The molecule has 58 heteroatoms. The van der Waals surface area contributed by atoms with E-state index in [0.29, 0.717) is 92.2 Å². The van der Waals surface area contributed by atoms with Crippen LogP contribution in [0.25, 0.3) is 44.7 Å². The normalized spacial score (nSPS) is 8.33. The first-order chi connectivity index (χ1) is 37.6. The maximum absolute atomic E-state index is 10.6. The van der Waals surface area contributed by atoms with Crippen LogP contribution in [0.1, 0.15) is 82.9 Å². The van der Waals surface area contributed by atoms with Gasteiger partial charge in [0.05, 0.1) is 73.1 Å². The minimum absolute atomic E-state index is 0. The first kappa shape index (κ1) is 119. The number of carboxylic acids is 8. The first-order valence-corrected chi connectivity index (χ1v) is 20.8. The summed E-state index contributed by atoms with van der Waals surface area (Å²) >= 11 is 0. The smallest absolute Gasteiger partial charge is 0.545 e. The van der Waals surface area contributed by atoms with E-state index in [1.54, 1.807) is 0 Å². The van der Waals surface area contributed by atoms with Crippen molar-refractivity contribution in [3.05, 3.63) is 94.1 Å². The number of nitrogens with two attached hydrogens (primary N) is 8. The van der Waals surface area contributed by atoms with Crippen molar-refractivity contribution < 1.29 is 220 Å². The third-order valence-electron chi connectivity index (χ3n) is 9.59. The second-order valence-corrected chi connectivity index (χ2v) is 14.7. The zero-order chi connectivity index (χ0) is 59.4. The molecule has 0 atom stereocenters. The van der Waals surface area contributed by atoms with Crippen molar-refractivity contribution in [1.29, 1.82) is 0 Å². The van der Waals surface area contributed by atoms with Crippen LogP contribution in [0.15, 0.2) is 49.6 Å². The maximum atomic E-state index is 10.6. The molecule has 98 heavy (non-hydrogen) atoms. The number of nitrogens with zero attached hydrogens (tertiary/aromatic N) is 8. The molecule has 2 radical (unpaired) electrons. The van der Waals surface area contributed by atoms with Crippen LogP contribution in [0, 0.1) is 0 Å². The Labute approximate surface area is 558 Å². The minimum atomic E-state index is -2.00. The molecule has 0 spiro atoms. The molecule has 0 aliphatic heterocycles. The van der Waals surface area contributed by atoms with E-state index in [9.17, 15) is 79.2 Å². The van der Waals surface area contributed by atoms with Gasteiger partial charge in [-0.1, -0.05) is 19.9 Å². The van der Waals surface area contributed by atoms with E-state index < -0.39 is 92.3 Å². The Bertz CT molecular complexity index is 3510. The van der Waals surface area contributed by atoms with Crippen LogP contribution in [0.5, 0.6) is 0 Å². The molecule has 0 fully saturated rings. The van der Waals surface area contributed by atoms with Gasteiger partial charge in [0.1, 0.15) is 0 Å². The molecule has 8 aromatic heterocycles. The minimum Gasteiger partial charge on any atom is -0.545 e. The van der Waals surface area contributed by atoms with E-state index in [4.69, 9.17) is 45.9 Å². The summed E-state index contributed by atoms with van der Waals surface area (Å²) in [4.78, 5) is 138. The second-order valence-electron chi connectivity index (χ2n) is 14.7. The summed E-state index contributed by atoms with van der Waals surface area (Å²) in [5, 5.41) is 84.8. The van der Waals surface area contributed by atoms with Crippen molar-refractivity contribution in [2.75, 3.05) is 45.9 Å². The van der Waals surface area contributed by atoms with E-state index in [0.717, 1.165) is 0 Å². The summed E-state index contributed by atoms with van der Waals surface area (Å²) in [6.07, 6.45) is 6.06. The summed E-state index contributed by atoms with van der Waals surface area (Å²) < 4.78 is 0. The topological polar surface area (TPSA) is 1270 Å². The van der Waals surface area contributed by atoms with Crippen molar-refractivity contribution in [3.63, 3.8) is 0 Å². The van der Waals surface area contributed by atoms with Crippen LogP contribution in [0.3, 0.4) is 0 Å². The number of nitrogens with one attached hydrogen (secondary N) is 8. The van der Waals surface area contributed by atoms with Crippen molar-refractivity contribution >= 4 is 139 Å². The fourth-order valence-electron chi connectivity index (χ4n) is 6.20. The Morgan fingerprint density at radius 3 is 0.510 bits per heavy atom. The Hall–Kier alpha value is -12.8. The van der Waals surface area contributed by atoms with Gasteiger partial charge >= 0.3 is 57.4 Å². The van der Waals surface area contributed by atoms with Gasteiger partial charge in [0.25, 0.3) is 0 Å². The standard InChI is InChI=1S/2C10H6O8.4C5H6N6.2Co.16H2O/c2*11-7(12)3-1-4(8(13)14)6(10(17)18)2-5(3)9(15)16;4*6-3-2-4(9-1-8-2)11-5(7)10-3;;;;;;;;;;;;;;;;;;/h2*1-2H,(H,11,12)(H,13,14)(H,15,16)(H,17,18);4*1H,(H5,6,7,8,9,10,11);;;16*1H2/q;;;;;;2*+2;;;;;;;;;;;;;;;;/p+4. The number of hydrogen-bond acceptors (Lipinski definition) is 32. The summed E-state index contributed by atoms with van der Waals surface area (Å²) in [5.74, 6) is -13.1. The molecule has 56 nitrogen and oxygen atoms in total. The molecular weight excluding hydrogens is 1450 g/mol. The molecule has 8 heterocycles. The van der Waals surface area contributed by atoms with Gasteiger partial charge in [-0.2, -0.15) is 0 Å². The van der Waals surface area contributed by atoms with E-state index >= 15 is 0 Å². The number of aromatic nitrogens is 16. The SMILES string of the molecule is Nc1nc2nc[nH]c2c(N)[nH+]1.Nc1nc2nc[nH]c2c(N)[nH+]1.Nc1nc2nc[nH]c2c(N)[nH+]1.Nc1nc2nc[nH]c2c(N)[nH+]1.O.O.O.O.O.O.O.O.O=C([O-])c1cc(C(=O)[O-])c(C(=O)[O-])cc1C(=O)[O-].O=C([O-])c1cc(C(=O)[O-])c(C(=O)[O-])cc1C(=O)[O-].[Co+2].[Co+2].[OH3+].[OH3+].[OH3+].[OH3+].[OH3+].[OH3+].[OH3+].[OH3+]. The third kappa shape index (κ3) is 29.0. The molecule has 0 bridgehead atoms. The van der Waals surface area contributed by atoms with Crippen LogP contribution in [0.2, 0.25) is 0 Å². The molecule has 0 amide bonds. The molecule has 10 aromatic rings. The average molecular weight is 1520 g/mol. The van der Waals surface area contributed by atoms with Crippen molar-refractivity contribution in [1.82, 2.24) is 59.8 Å². The number of aromatic carboxylic acids is 8. The number of hydrogen-bond donors (Lipinski definition) is 12. The van der Waals surface area contributed by atoms with Crippen LogP contribution in [-0.2, 0) is 77.4 Å². The number of H-pyrrole nitrogens is 8. The molecule has 2 aromatic carbocycles. The van der Waals surface area contributed by atoms with Gasteiger partial charge in [0.2, 0.25) is 45.9 Å². The molecule has 0 aliphatic rings. The third-order valence-corrected chi connectivity index (χ3v) is 9.59. The summed E-state index contributed by atoms with van der Waals surface area (Å²) in [6.45, 7) is 0. The summed E-state index contributed by atoms with van der Waals surface area (Å²) in [7, 11) is 0.